The van der Waals surface area contributed by atoms with Gasteiger partial charge < -0.3 is 9.67 Å². The standard InChI is InChI=1S/C13H9F3N2O3/c14-13(15,16)9-1-2-11(19)18(7-9)6-8-3-4-17-10(5-8)12(20)21/h1-5,7H,6H2,(H,20,21). The summed E-state index contributed by atoms with van der Waals surface area (Å²) in [5, 5.41) is 8.80. The maximum atomic E-state index is 12.6. The molecule has 2 heterocycles. The SMILES string of the molecule is O=C(O)c1cc(Cn2cc(C(F)(F)F)ccc2=O)ccn1. The Morgan fingerprint density at radius 3 is 2.62 bits per heavy atom. The Balaban J connectivity index is 2.37. The Morgan fingerprint density at radius 2 is 2.00 bits per heavy atom. The topological polar surface area (TPSA) is 72.2 Å². The van der Waals surface area contributed by atoms with Crippen LogP contribution in [0.25, 0.3) is 0 Å². The summed E-state index contributed by atoms with van der Waals surface area (Å²) in [4.78, 5) is 26.0. The molecule has 8 heteroatoms. The number of aromatic nitrogens is 2. The van der Waals surface area contributed by atoms with Gasteiger partial charge >= 0.3 is 12.1 Å². The van der Waals surface area contributed by atoms with Crippen molar-refractivity contribution < 1.29 is 23.1 Å². The molecule has 0 aliphatic carbocycles. The number of aromatic carboxylic acids is 1. The molecule has 2 aromatic rings. The van der Waals surface area contributed by atoms with E-state index < -0.39 is 23.3 Å². The highest BCUT2D eigenvalue weighted by Crippen LogP contribution is 2.28. The third-order valence-corrected chi connectivity index (χ3v) is 2.71. The van der Waals surface area contributed by atoms with E-state index in [2.05, 4.69) is 4.98 Å². The van der Waals surface area contributed by atoms with Crippen LogP contribution in [-0.4, -0.2) is 20.6 Å². The van der Waals surface area contributed by atoms with E-state index in [1.54, 1.807) is 0 Å². The van der Waals surface area contributed by atoms with Crippen molar-refractivity contribution in [3.05, 3.63) is 63.8 Å². The second-order valence-electron chi connectivity index (χ2n) is 4.24. The van der Waals surface area contributed by atoms with E-state index in [1.165, 1.54) is 18.3 Å². The molecule has 0 atom stereocenters. The zero-order valence-corrected chi connectivity index (χ0v) is 10.5. The summed E-state index contributed by atoms with van der Waals surface area (Å²) in [6.45, 7) is -0.175. The molecule has 0 aromatic carbocycles. The number of pyridine rings is 2. The van der Waals surface area contributed by atoms with Crippen LogP contribution < -0.4 is 5.56 Å². The predicted molar refractivity (Wildman–Crippen MR) is 66.0 cm³/mol. The van der Waals surface area contributed by atoms with Crippen molar-refractivity contribution in [2.24, 2.45) is 0 Å². The fourth-order valence-corrected chi connectivity index (χ4v) is 1.71. The summed E-state index contributed by atoms with van der Waals surface area (Å²) in [5.41, 5.74) is -1.44. The summed E-state index contributed by atoms with van der Waals surface area (Å²) in [6, 6.07) is 4.16. The van der Waals surface area contributed by atoms with Gasteiger partial charge in [0.05, 0.1) is 12.1 Å². The first-order valence-electron chi connectivity index (χ1n) is 5.73. The molecule has 110 valence electrons. The number of halogens is 3. The van der Waals surface area contributed by atoms with E-state index in [1.807, 2.05) is 0 Å². The van der Waals surface area contributed by atoms with Gasteiger partial charge in [0.15, 0.2) is 0 Å². The number of hydrogen-bond donors (Lipinski definition) is 1. The van der Waals surface area contributed by atoms with Crippen LogP contribution in [0.1, 0.15) is 21.6 Å². The maximum Gasteiger partial charge on any atom is 0.417 e. The summed E-state index contributed by atoms with van der Waals surface area (Å²) >= 11 is 0. The summed E-state index contributed by atoms with van der Waals surface area (Å²) in [6.07, 6.45) is -2.64. The first kappa shape index (κ1) is 14.8. The van der Waals surface area contributed by atoms with E-state index in [-0.39, 0.29) is 12.2 Å². The Kier molecular flexibility index (Phi) is 3.79. The largest absolute Gasteiger partial charge is 0.477 e. The van der Waals surface area contributed by atoms with Gasteiger partial charge in [-0.05, 0) is 23.8 Å². The molecule has 0 saturated carbocycles. The highest BCUT2D eigenvalue weighted by molar-refractivity contribution is 5.85. The average molecular weight is 298 g/mol. The van der Waals surface area contributed by atoms with E-state index in [4.69, 9.17) is 5.11 Å². The van der Waals surface area contributed by atoms with Gasteiger partial charge in [-0.1, -0.05) is 0 Å². The van der Waals surface area contributed by atoms with Crippen molar-refractivity contribution >= 4 is 5.97 Å². The lowest BCUT2D eigenvalue weighted by molar-refractivity contribution is -0.138. The lowest BCUT2D eigenvalue weighted by Crippen LogP contribution is -2.22. The van der Waals surface area contributed by atoms with Gasteiger partial charge in [-0.25, -0.2) is 9.78 Å². The minimum Gasteiger partial charge on any atom is -0.477 e. The molecule has 5 nitrogen and oxygen atoms in total. The first-order valence-corrected chi connectivity index (χ1v) is 5.73. The molecule has 0 aliphatic heterocycles. The van der Waals surface area contributed by atoms with Crippen molar-refractivity contribution in [2.75, 3.05) is 0 Å². The number of carboxylic acids is 1. The molecule has 0 aliphatic rings. The van der Waals surface area contributed by atoms with Crippen LogP contribution in [-0.2, 0) is 12.7 Å². The van der Waals surface area contributed by atoms with Gasteiger partial charge in [-0.3, -0.25) is 4.79 Å². The molecule has 0 fully saturated rings. The molecule has 2 aromatic heterocycles. The molecular formula is C13H9F3N2O3. The highest BCUT2D eigenvalue weighted by atomic mass is 19.4. The second kappa shape index (κ2) is 5.39. The molecule has 1 N–H and O–H groups in total. The molecule has 0 bridgehead atoms. The Labute approximate surface area is 116 Å². The molecule has 0 spiro atoms. The van der Waals surface area contributed by atoms with Gasteiger partial charge in [0.25, 0.3) is 5.56 Å². The fraction of sp³-hybridized carbons (Fsp3) is 0.154. The van der Waals surface area contributed by atoms with Crippen LogP contribution in [0.2, 0.25) is 0 Å². The van der Waals surface area contributed by atoms with Crippen molar-refractivity contribution in [1.82, 2.24) is 9.55 Å². The Bertz CT molecular complexity index is 738. The van der Waals surface area contributed by atoms with Crippen molar-refractivity contribution in [3.8, 4) is 0 Å². The molecule has 0 unspecified atom stereocenters. The highest BCUT2D eigenvalue weighted by Gasteiger charge is 2.31. The van der Waals surface area contributed by atoms with E-state index in [0.717, 1.165) is 10.6 Å². The van der Waals surface area contributed by atoms with Gasteiger partial charge in [0.2, 0.25) is 0 Å². The van der Waals surface area contributed by atoms with Gasteiger partial charge in [-0.15, -0.1) is 0 Å². The minimum atomic E-state index is -4.56. The predicted octanol–water partition coefficient (Wildman–Crippen LogP) is 2.01. The van der Waals surface area contributed by atoms with Gasteiger partial charge in [0, 0.05) is 18.5 Å². The van der Waals surface area contributed by atoms with Crippen LogP contribution in [0.15, 0.2) is 41.5 Å². The van der Waals surface area contributed by atoms with Crippen LogP contribution in [0.5, 0.6) is 0 Å². The number of rotatable bonds is 3. The third kappa shape index (κ3) is 3.47. The molecule has 0 amide bonds. The normalized spacial score (nSPS) is 11.4. The number of nitrogens with zero attached hydrogens (tertiary/aromatic N) is 2. The Hall–Kier alpha value is -2.64. The number of carboxylic acid groups (broad SMARTS) is 1. The average Bonchev–Trinajstić information content (AvgIpc) is 2.40. The number of hydrogen-bond acceptors (Lipinski definition) is 3. The molecule has 2 rings (SSSR count). The summed E-state index contributed by atoms with van der Waals surface area (Å²) < 4.78 is 38.7. The van der Waals surface area contributed by atoms with Crippen LogP contribution in [0.4, 0.5) is 13.2 Å². The number of carbonyl (C=O) groups is 1. The molecule has 0 saturated heterocycles. The van der Waals surface area contributed by atoms with Crippen molar-refractivity contribution in [2.45, 2.75) is 12.7 Å². The molecule has 21 heavy (non-hydrogen) atoms. The quantitative estimate of drug-likeness (QED) is 0.941. The van der Waals surface area contributed by atoms with Gasteiger partial charge in [-0.2, -0.15) is 13.2 Å². The monoisotopic (exact) mass is 298 g/mol. The van der Waals surface area contributed by atoms with Crippen molar-refractivity contribution in [1.29, 1.82) is 0 Å². The minimum absolute atomic E-state index is 0.175. The summed E-state index contributed by atoms with van der Waals surface area (Å²) in [7, 11) is 0. The van der Waals surface area contributed by atoms with Crippen LogP contribution in [0.3, 0.4) is 0 Å². The lowest BCUT2D eigenvalue weighted by atomic mass is 10.2. The zero-order chi connectivity index (χ0) is 15.6. The zero-order valence-electron chi connectivity index (χ0n) is 10.5. The van der Waals surface area contributed by atoms with E-state index in [0.29, 0.717) is 17.8 Å². The summed E-state index contributed by atoms with van der Waals surface area (Å²) in [5.74, 6) is -1.26. The smallest absolute Gasteiger partial charge is 0.417 e. The number of alkyl halides is 3. The van der Waals surface area contributed by atoms with Gasteiger partial charge in [0.1, 0.15) is 5.69 Å². The fourth-order valence-electron chi connectivity index (χ4n) is 1.71. The first-order chi connectivity index (χ1) is 9.77. The molecule has 0 radical (unpaired) electrons. The second-order valence-corrected chi connectivity index (χ2v) is 4.24. The van der Waals surface area contributed by atoms with E-state index in [9.17, 15) is 22.8 Å². The third-order valence-electron chi connectivity index (χ3n) is 2.71. The van der Waals surface area contributed by atoms with Crippen LogP contribution >= 0.6 is 0 Å². The van der Waals surface area contributed by atoms with Crippen molar-refractivity contribution in [3.63, 3.8) is 0 Å². The Morgan fingerprint density at radius 1 is 1.29 bits per heavy atom. The van der Waals surface area contributed by atoms with E-state index >= 15 is 0 Å². The maximum absolute atomic E-state index is 12.6. The molecular weight excluding hydrogens is 289 g/mol. The lowest BCUT2D eigenvalue weighted by Gasteiger charge is -2.10. The van der Waals surface area contributed by atoms with Crippen LogP contribution in [0, 0.1) is 0 Å².